The first kappa shape index (κ1) is 24.4. The minimum Gasteiger partial charge on any atom is -0.326 e. The van der Waals surface area contributed by atoms with Crippen LogP contribution >= 0.6 is 11.8 Å². The number of aromatic amines is 1. The maximum Gasteiger partial charge on any atom is 0.238 e. The topological polar surface area (TPSA) is 132 Å². The molecule has 1 saturated heterocycles. The normalized spacial score (nSPS) is 15.6. The van der Waals surface area contributed by atoms with Gasteiger partial charge in [0.15, 0.2) is 11.6 Å². The van der Waals surface area contributed by atoms with Crippen molar-refractivity contribution >= 4 is 52.1 Å². The maximum atomic E-state index is 12.6. The maximum absolute atomic E-state index is 12.6. The van der Waals surface area contributed by atoms with Crippen molar-refractivity contribution in [2.75, 3.05) is 35.6 Å². The second-order valence-corrected chi connectivity index (χ2v) is 10.8. The summed E-state index contributed by atoms with van der Waals surface area (Å²) in [6.45, 7) is 4.23. The van der Waals surface area contributed by atoms with Gasteiger partial charge in [-0.25, -0.2) is 9.50 Å². The van der Waals surface area contributed by atoms with Crippen molar-refractivity contribution < 1.29 is 9.59 Å². The predicted molar refractivity (Wildman–Crippen MR) is 146 cm³/mol. The standard InChI is InChI=1S/C26H29N9O2S/c1-16-12-22(32-31-16)29-24-21-13-19(27-23(36)15-34-10-2-3-11-34)14-35(21)33-26(30-24)38-20-8-6-18(7-9-20)28-25(37)17-4-5-17/h6-9,12-14,17H,2-5,10-11,15H2,1H3,(H,27,36)(H,28,37)(H2,29,30,31,32,33). The van der Waals surface area contributed by atoms with E-state index in [4.69, 9.17) is 4.98 Å². The van der Waals surface area contributed by atoms with Crippen molar-refractivity contribution in [3.63, 3.8) is 0 Å². The highest BCUT2D eigenvalue weighted by Crippen LogP contribution is 2.32. The van der Waals surface area contributed by atoms with Crippen molar-refractivity contribution in [2.24, 2.45) is 5.92 Å². The monoisotopic (exact) mass is 531 g/mol. The molecule has 1 aliphatic carbocycles. The van der Waals surface area contributed by atoms with Crippen LogP contribution in [0.15, 0.2) is 52.6 Å². The van der Waals surface area contributed by atoms with Crippen molar-refractivity contribution in [2.45, 2.75) is 42.7 Å². The summed E-state index contributed by atoms with van der Waals surface area (Å²) in [7, 11) is 0. The highest BCUT2D eigenvalue weighted by molar-refractivity contribution is 7.99. The predicted octanol–water partition coefficient (Wildman–Crippen LogP) is 4.04. The minimum atomic E-state index is -0.0448. The fraction of sp³-hybridized carbons (Fsp3) is 0.346. The highest BCUT2D eigenvalue weighted by Gasteiger charge is 2.29. The van der Waals surface area contributed by atoms with Gasteiger partial charge in [0.1, 0.15) is 5.52 Å². The molecule has 2 fully saturated rings. The zero-order valence-corrected chi connectivity index (χ0v) is 21.8. The lowest BCUT2D eigenvalue weighted by molar-refractivity contribution is -0.118. The summed E-state index contributed by atoms with van der Waals surface area (Å²) in [5, 5.41) is 21.6. The lowest BCUT2D eigenvalue weighted by atomic mass is 10.3. The van der Waals surface area contributed by atoms with Crippen LogP contribution in [0.3, 0.4) is 0 Å². The van der Waals surface area contributed by atoms with Crippen molar-refractivity contribution in [3.8, 4) is 0 Å². The molecular formula is C26H29N9O2S. The van der Waals surface area contributed by atoms with Gasteiger partial charge in [-0.05, 0) is 87.8 Å². The summed E-state index contributed by atoms with van der Waals surface area (Å²) in [5.74, 6) is 1.40. The minimum absolute atomic E-state index is 0.0448. The van der Waals surface area contributed by atoms with E-state index in [-0.39, 0.29) is 17.7 Å². The summed E-state index contributed by atoms with van der Waals surface area (Å²) in [5.41, 5.74) is 3.07. The Balaban J connectivity index is 1.23. The van der Waals surface area contributed by atoms with Gasteiger partial charge in [0.25, 0.3) is 0 Å². The van der Waals surface area contributed by atoms with Crippen molar-refractivity contribution in [1.29, 1.82) is 0 Å². The summed E-state index contributed by atoms with van der Waals surface area (Å²) >= 11 is 1.41. The van der Waals surface area contributed by atoms with E-state index >= 15 is 0 Å². The summed E-state index contributed by atoms with van der Waals surface area (Å²) in [6.07, 6.45) is 6.01. The molecule has 4 N–H and O–H groups in total. The Morgan fingerprint density at radius 1 is 1.08 bits per heavy atom. The van der Waals surface area contributed by atoms with Crippen molar-refractivity contribution in [1.82, 2.24) is 29.7 Å². The smallest absolute Gasteiger partial charge is 0.238 e. The molecule has 0 unspecified atom stereocenters. The molecule has 0 spiro atoms. The Hall–Kier alpha value is -3.90. The average Bonchev–Trinajstić information content (AvgIpc) is 3.24. The fourth-order valence-corrected chi connectivity index (χ4v) is 5.18. The molecule has 38 heavy (non-hydrogen) atoms. The molecule has 1 aromatic carbocycles. The first-order valence-corrected chi connectivity index (χ1v) is 13.6. The molecule has 0 bridgehead atoms. The van der Waals surface area contributed by atoms with E-state index in [0.717, 1.165) is 55.0 Å². The number of carbonyl (C=O) groups is 2. The first-order valence-electron chi connectivity index (χ1n) is 12.8. The van der Waals surface area contributed by atoms with Gasteiger partial charge in [0.2, 0.25) is 17.0 Å². The van der Waals surface area contributed by atoms with Crippen LogP contribution in [0.5, 0.6) is 0 Å². The lowest BCUT2D eigenvalue weighted by Crippen LogP contribution is -2.30. The third kappa shape index (κ3) is 5.81. The molecule has 196 valence electrons. The number of hydrogen-bond acceptors (Lipinski definition) is 8. The number of likely N-dealkylation sites (tertiary alicyclic amines) is 1. The van der Waals surface area contributed by atoms with Gasteiger partial charge in [-0.2, -0.15) is 5.10 Å². The number of aryl methyl sites for hydroxylation is 1. The van der Waals surface area contributed by atoms with Crippen LogP contribution < -0.4 is 16.0 Å². The Kier molecular flexibility index (Phi) is 6.73. The number of hydrogen-bond donors (Lipinski definition) is 4. The first-order chi connectivity index (χ1) is 18.5. The van der Waals surface area contributed by atoms with Gasteiger partial charge in [-0.1, -0.05) is 0 Å². The Morgan fingerprint density at radius 3 is 2.58 bits per heavy atom. The number of anilines is 4. The Labute approximate surface area is 223 Å². The number of nitrogens with zero attached hydrogens (tertiary/aromatic N) is 5. The number of carbonyl (C=O) groups excluding carboxylic acids is 2. The second-order valence-electron chi connectivity index (χ2n) is 9.78. The fourth-order valence-electron chi connectivity index (χ4n) is 4.43. The number of aromatic nitrogens is 5. The number of amides is 2. The van der Waals surface area contributed by atoms with E-state index in [1.165, 1.54) is 11.8 Å². The van der Waals surface area contributed by atoms with E-state index in [0.29, 0.717) is 34.5 Å². The molecule has 11 nitrogen and oxygen atoms in total. The summed E-state index contributed by atoms with van der Waals surface area (Å²) < 4.78 is 1.72. The molecule has 0 atom stereocenters. The van der Waals surface area contributed by atoms with Crippen LogP contribution in [0.25, 0.3) is 5.52 Å². The molecule has 1 aliphatic heterocycles. The molecule has 0 radical (unpaired) electrons. The quantitative estimate of drug-likeness (QED) is 0.254. The van der Waals surface area contributed by atoms with Crippen LogP contribution in [-0.4, -0.2) is 61.1 Å². The van der Waals surface area contributed by atoms with Crippen molar-refractivity contribution in [3.05, 3.63) is 48.3 Å². The van der Waals surface area contributed by atoms with Gasteiger partial charge in [0, 0.05) is 28.3 Å². The number of rotatable bonds is 9. The number of benzene rings is 1. The molecule has 4 heterocycles. The van der Waals surface area contributed by atoms with E-state index in [9.17, 15) is 9.59 Å². The zero-order chi connectivity index (χ0) is 26.1. The van der Waals surface area contributed by atoms with Gasteiger partial charge in [-0.15, -0.1) is 5.10 Å². The Morgan fingerprint density at radius 2 is 1.87 bits per heavy atom. The largest absolute Gasteiger partial charge is 0.326 e. The summed E-state index contributed by atoms with van der Waals surface area (Å²) in [4.78, 5) is 32.5. The highest BCUT2D eigenvalue weighted by atomic mass is 32.2. The second kappa shape index (κ2) is 10.5. The van der Waals surface area contributed by atoms with Gasteiger partial charge < -0.3 is 16.0 Å². The third-order valence-electron chi connectivity index (χ3n) is 6.52. The number of nitrogens with one attached hydrogen (secondary N) is 4. The zero-order valence-electron chi connectivity index (χ0n) is 21.0. The summed E-state index contributed by atoms with van der Waals surface area (Å²) in [6, 6.07) is 11.4. The number of H-pyrrole nitrogens is 1. The van der Waals surface area contributed by atoms with Crippen LogP contribution in [-0.2, 0) is 9.59 Å². The van der Waals surface area contributed by atoms with Crippen LogP contribution in [0.2, 0.25) is 0 Å². The Bertz CT molecular complexity index is 1470. The van der Waals surface area contributed by atoms with E-state index < -0.39 is 0 Å². The van der Waals surface area contributed by atoms with Crippen LogP contribution in [0, 0.1) is 12.8 Å². The number of fused-ring (bicyclic) bond motifs is 1. The van der Waals surface area contributed by atoms with E-state index in [1.54, 1.807) is 10.7 Å². The molecule has 2 amide bonds. The molecule has 6 rings (SSSR count). The molecule has 2 aliphatic rings. The van der Waals surface area contributed by atoms with Crippen LogP contribution in [0.4, 0.5) is 23.0 Å². The molecule has 12 heteroatoms. The molecule has 4 aromatic rings. The van der Waals surface area contributed by atoms with E-state index in [2.05, 4.69) is 36.1 Å². The lowest BCUT2D eigenvalue weighted by Gasteiger charge is -2.13. The van der Waals surface area contributed by atoms with Crippen LogP contribution in [0.1, 0.15) is 31.4 Å². The molecule has 3 aromatic heterocycles. The van der Waals surface area contributed by atoms with Gasteiger partial charge in [-0.3, -0.25) is 19.6 Å². The van der Waals surface area contributed by atoms with E-state index in [1.807, 2.05) is 43.3 Å². The van der Waals surface area contributed by atoms with Gasteiger partial charge in [0.05, 0.1) is 18.4 Å². The molecule has 1 saturated carbocycles. The third-order valence-corrected chi connectivity index (χ3v) is 7.39. The SMILES string of the molecule is Cc1cc(Nc2nc(Sc3ccc(NC(=O)C4CC4)cc3)nn3cc(NC(=O)CN4CCCC4)cc23)n[nH]1. The molecular weight excluding hydrogens is 502 g/mol. The average molecular weight is 532 g/mol. The van der Waals surface area contributed by atoms with Gasteiger partial charge >= 0.3 is 0 Å².